The van der Waals surface area contributed by atoms with Gasteiger partial charge < -0.3 is 5.32 Å². The number of benzene rings is 1. The largest absolute Gasteiger partial charge is 0.355 e. The molecule has 0 radical (unpaired) electrons. The van der Waals surface area contributed by atoms with Crippen LogP contribution < -0.4 is 5.32 Å². The lowest BCUT2D eigenvalue weighted by Crippen LogP contribution is -2.33. The molecule has 0 saturated heterocycles. The zero-order valence-electron chi connectivity index (χ0n) is 11.8. The molecule has 1 atom stereocenters. The van der Waals surface area contributed by atoms with Crippen molar-refractivity contribution in [2.24, 2.45) is 5.92 Å². The van der Waals surface area contributed by atoms with E-state index in [4.69, 9.17) is 0 Å². The Morgan fingerprint density at radius 2 is 1.90 bits per heavy atom. The Kier molecular flexibility index (Phi) is 7.13. The number of rotatable bonds is 7. The first-order valence-electron chi connectivity index (χ1n) is 6.82. The molecule has 1 aromatic rings. The van der Waals surface area contributed by atoms with Crippen molar-refractivity contribution in [2.75, 3.05) is 6.54 Å². The molecule has 20 heavy (non-hydrogen) atoms. The van der Waals surface area contributed by atoms with Crippen LogP contribution in [0, 0.1) is 17.6 Å². The van der Waals surface area contributed by atoms with Gasteiger partial charge in [-0.3, -0.25) is 4.79 Å². The van der Waals surface area contributed by atoms with Crippen molar-refractivity contribution in [2.45, 2.75) is 37.9 Å². The van der Waals surface area contributed by atoms with Gasteiger partial charge in [0, 0.05) is 11.4 Å². The van der Waals surface area contributed by atoms with Crippen molar-refractivity contribution in [3.05, 3.63) is 35.4 Å². The van der Waals surface area contributed by atoms with Crippen molar-refractivity contribution >= 4 is 21.8 Å². The molecule has 5 heteroatoms. The van der Waals surface area contributed by atoms with E-state index in [1.807, 2.05) is 0 Å². The Morgan fingerprint density at radius 1 is 1.25 bits per heavy atom. The van der Waals surface area contributed by atoms with Crippen LogP contribution in [0.25, 0.3) is 0 Å². The second kappa shape index (κ2) is 8.35. The summed E-state index contributed by atoms with van der Waals surface area (Å²) in [5.74, 6) is -1.50. The van der Waals surface area contributed by atoms with Crippen molar-refractivity contribution in [3.8, 4) is 0 Å². The van der Waals surface area contributed by atoms with Crippen LogP contribution in [0.5, 0.6) is 0 Å². The summed E-state index contributed by atoms with van der Waals surface area (Å²) >= 11 is 3.58. The molecule has 0 heterocycles. The van der Waals surface area contributed by atoms with Gasteiger partial charge >= 0.3 is 0 Å². The summed E-state index contributed by atoms with van der Waals surface area (Å²) < 4.78 is 25.8. The lowest BCUT2D eigenvalue weighted by molar-refractivity contribution is -0.120. The van der Waals surface area contributed by atoms with Crippen molar-refractivity contribution in [1.29, 1.82) is 0 Å². The highest BCUT2D eigenvalue weighted by Crippen LogP contribution is 2.19. The zero-order chi connectivity index (χ0) is 15.1. The fraction of sp³-hybridized carbons (Fsp3) is 0.533. The molecule has 1 amide bonds. The molecule has 0 aromatic heterocycles. The molecule has 1 N–H and O–H groups in total. The second-order valence-electron chi connectivity index (χ2n) is 4.82. The fourth-order valence-corrected chi connectivity index (χ4v) is 2.99. The minimum Gasteiger partial charge on any atom is -0.355 e. The monoisotopic (exact) mass is 347 g/mol. The molecule has 112 valence electrons. The van der Waals surface area contributed by atoms with E-state index in [0.717, 1.165) is 25.0 Å². The summed E-state index contributed by atoms with van der Waals surface area (Å²) in [5.41, 5.74) is 0.468. The molecular formula is C15H20BrF2NO. The molecule has 1 rings (SSSR count). The maximum absolute atomic E-state index is 13.0. The summed E-state index contributed by atoms with van der Waals surface area (Å²) in [6.45, 7) is 4.77. The van der Waals surface area contributed by atoms with E-state index in [1.54, 1.807) is 0 Å². The Labute approximate surface area is 127 Å². The maximum atomic E-state index is 13.0. The molecule has 0 aliphatic rings. The van der Waals surface area contributed by atoms with E-state index >= 15 is 0 Å². The highest BCUT2D eigenvalue weighted by Gasteiger charge is 2.16. The van der Waals surface area contributed by atoms with Crippen LogP contribution in [0.4, 0.5) is 8.78 Å². The third-order valence-electron chi connectivity index (χ3n) is 3.40. The molecule has 0 spiro atoms. The number of carbonyl (C=O) groups excluding carboxylic acids is 1. The summed E-state index contributed by atoms with van der Waals surface area (Å²) in [4.78, 5) is 12.0. The van der Waals surface area contributed by atoms with E-state index in [1.165, 1.54) is 6.07 Å². The molecule has 0 saturated carbocycles. The smallest absolute Gasteiger partial charge is 0.224 e. The quantitative estimate of drug-likeness (QED) is 0.746. The van der Waals surface area contributed by atoms with Crippen molar-refractivity contribution < 1.29 is 13.6 Å². The average Bonchev–Trinajstić information content (AvgIpc) is 2.42. The topological polar surface area (TPSA) is 29.1 Å². The van der Waals surface area contributed by atoms with Crippen molar-refractivity contribution in [3.63, 3.8) is 0 Å². The molecule has 1 aromatic carbocycles. The number of alkyl halides is 1. The van der Waals surface area contributed by atoms with Crippen LogP contribution >= 0.6 is 15.9 Å². The number of halogens is 3. The molecule has 2 nitrogen and oxygen atoms in total. The highest BCUT2D eigenvalue weighted by atomic mass is 79.9. The van der Waals surface area contributed by atoms with Gasteiger partial charge in [0.15, 0.2) is 11.6 Å². The van der Waals surface area contributed by atoms with E-state index in [0.29, 0.717) is 18.0 Å². The van der Waals surface area contributed by atoms with Crippen LogP contribution in [-0.4, -0.2) is 17.3 Å². The normalized spacial score (nSPS) is 12.5. The predicted molar refractivity (Wildman–Crippen MR) is 79.9 cm³/mol. The maximum Gasteiger partial charge on any atom is 0.224 e. The van der Waals surface area contributed by atoms with E-state index in [-0.39, 0.29) is 17.2 Å². The molecule has 0 aliphatic heterocycles. The number of hydrogen-bond donors (Lipinski definition) is 1. The van der Waals surface area contributed by atoms with Crippen LogP contribution in [-0.2, 0) is 11.2 Å². The summed E-state index contributed by atoms with van der Waals surface area (Å²) in [6.07, 6.45) is 2.15. The first kappa shape index (κ1) is 17.1. The van der Waals surface area contributed by atoms with Gasteiger partial charge in [-0.2, -0.15) is 0 Å². The standard InChI is InChI=1S/C15H20BrF2NO/c1-3-11(4-2)12(16)9-19-15(20)8-10-5-6-13(17)14(18)7-10/h5-7,11-12H,3-4,8-9H2,1-2H3,(H,19,20). The van der Waals surface area contributed by atoms with Gasteiger partial charge in [0.25, 0.3) is 0 Å². The Bertz CT molecular complexity index is 449. The Hall–Kier alpha value is -0.970. The minimum absolute atomic E-state index is 0.0554. The van der Waals surface area contributed by atoms with Crippen LogP contribution in [0.2, 0.25) is 0 Å². The van der Waals surface area contributed by atoms with E-state index in [2.05, 4.69) is 35.1 Å². The third-order valence-corrected chi connectivity index (χ3v) is 4.47. The number of carbonyl (C=O) groups is 1. The van der Waals surface area contributed by atoms with Gasteiger partial charge in [0.2, 0.25) is 5.91 Å². The SMILES string of the molecule is CCC(CC)C(Br)CNC(=O)Cc1ccc(F)c(F)c1. The van der Waals surface area contributed by atoms with Gasteiger partial charge in [-0.05, 0) is 23.6 Å². The summed E-state index contributed by atoms with van der Waals surface area (Å²) in [6, 6.07) is 3.52. The molecular weight excluding hydrogens is 328 g/mol. The van der Waals surface area contributed by atoms with Crippen LogP contribution in [0.3, 0.4) is 0 Å². The average molecular weight is 348 g/mol. The van der Waals surface area contributed by atoms with Crippen LogP contribution in [0.15, 0.2) is 18.2 Å². The lowest BCUT2D eigenvalue weighted by Gasteiger charge is -2.19. The van der Waals surface area contributed by atoms with Crippen molar-refractivity contribution in [1.82, 2.24) is 5.32 Å². The minimum atomic E-state index is -0.925. The first-order valence-corrected chi connectivity index (χ1v) is 7.74. The van der Waals surface area contributed by atoms with Gasteiger partial charge in [-0.15, -0.1) is 0 Å². The molecule has 0 fully saturated rings. The van der Waals surface area contributed by atoms with E-state index < -0.39 is 11.6 Å². The molecule has 0 bridgehead atoms. The van der Waals surface area contributed by atoms with E-state index in [9.17, 15) is 13.6 Å². The number of nitrogens with one attached hydrogen (secondary N) is 1. The van der Waals surface area contributed by atoms with Gasteiger partial charge in [0.05, 0.1) is 6.42 Å². The second-order valence-corrected chi connectivity index (χ2v) is 6.00. The number of hydrogen-bond acceptors (Lipinski definition) is 1. The number of amides is 1. The Morgan fingerprint density at radius 3 is 2.45 bits per heavy atom. The molecule has 0 aliphatic carbocycles. The van der Waals surface area contributed by atoms with Crippen LogP contribution in [0.1, 0.15) is 32.3 Å². The fourth-order valence-electron chi connectivity index (χ4n) is 2.08. The molecule has 1 unspecified atom stereocenters. The lowest BCUT2D eigenvalue weighted by atomic mass is 9.99. The highest BCUT2D eigenvalue weighted by molar-refractivity contribution is 9.09. The third kappa shape index (κ3) is 5.19. The summed E-state index contributed by atoms with van der Waals surface area (Å²) in [5, 5.41) is 2.81. The zero-order valence-corrected chi connectivity index (χ0v) is 13.3. The van der Waals surface area contributed by atoms with Gasteiger partial charge in [0.1, 0.15) is 0 Å². The predicted octanol–water partition coefficient (Wildman–Crippen LogP) is 3.82. The summed E-state index contributed by atoms with van der Waals surface area (Å²) in [7, 11) is 0. The van der Waals surface area contributed by atoms with Gasteiger partial charge in [-0.25, -0.2) is 8.78 Å². The first-order chi connectivity index (χ1) is 9.47. The Balaban J connectivity index is 2.45. The van der Waals surface area contributed by atoms with Gasteiger partial charge in [-0.1, -0.05) is 48.7 Å².